The highest BCUT2D eigenvalue weighted by Crippen LogP contribution is 2.29. The fourth-order valence-electron chi connectivity index (χ4n) is 2.99. The van der Waals surface area contributed by atoms with Crippen LogP contribution >= 0.6 is 0 Å². The lowest BCUT2D eigenvalue weighted by Crippen LogP contribution is -2.40. The van der Waals surface area contributed by atoms with E-state index in [9.17, 15) is 8.42 Å². The molecule has 0 saturated carbocycles. The number of sulfonamides is 1. The first kappa shape index (κ1) is 14.4. The molecule has 1 N–H and O–H groups in total. The summed E-state index contributed by atoms with van der Waals surface area (Å²) in [6.45, 7) is 1.27. The van der Waals surface area contributed by atoms with Crippen LogP contribution in [0.1, 0.15) is 12.8 Å². The molecule has 5 nitrogen and oxygen atoms in total. The zero-order valence-corrected chi connectivity index (χ0v) is 12.8. The number of likely N-dealkylation sites (N-methyl/N-ethyl adjacent to an activating group) is 1. The molecule has 1 aromatic carbocycles. The van der Waals surface area contributed by atoms with Gasteiger partial charge in [0, 0.05) is 30.7 Å². The Kier molecular flexibility index (Phi) is 3.93. The van der Waals surface area contributed by atoms with Crippen molar-refractivity contribution in [2.45, 2.75) is 23.8 Å². The molecule has 0 spiro atoms. The van der Waals surface area contributed by atoms with Gasteiger partial charge in [-0.15, -0.1) is 0 Å². The van der Waals surface area contributed by atoms with Crippen molar-refractivity contribution in [3.05, 3.63) is 36.5 Å². The summed E-state index contributed by atoms with van der Waals surface area (Å²) >= 11 is 0. The highest BCUT2D eigenvalue weighted by molar-refractivity contribution is 7.89. The molecular weight excluding hydrogens is 286 g/mol. The molecule has 1 fully saturated rings. The summed E-state index contributed by atoms with van der Waals surface area (Å²) in [5.41, 5.74) is 0.711. The van der Waals surface area contributed by atoms with E-state index in [1.54, 1.807) is 28.7 Å². The van der Waals surface area contributed by atoms with E-state index in [1.165, 1.54) is 0 Å². The average Bonchev–Trinajstić information content (AvgIpc) is 2.96. The Balaban J connectivity index is 2.08. The number of benzene rings is 1. The second-order valence-corrected chi connectivity index (χ2v) is 7.15. The van der Waals surface area contributed by atoms with Gasteiger partial charge in [0.25, 0.3) is 0 Å². The number of hydrogen-bond acceptors (Lipinski definition) is 4. The monoisotopic (exact) mass is 305 g/mol. The first-order valence-electron chi connectivity index (χ1n) is 7.15. The fraction of sp³-hybridized carbons (Fsp3) is 0.400. The van der Waals surface area contributed by atoms with Crippen LogP contribution in [-0.2, 0) is 10.0 Å². The molecule has 112 valence electrons. The van der Waals surface area contributed by atoms with E-state index in [0.717, 1.165) is 12.8 Å². The van der Waals surface area contributed by atoms with Gasteiger partial charge in [-0.3, -0.25) is 4.98 Å². The van der Waals surface area contributed by atoms with Gasteiger partial charge in [-0.2, -0.15) is 4.31 Å². The van der Waals surface area contributed by atoms with Crippen LogP contribution in [0.5, 0.6) is 0 Å². The molecule has 6 heteroatoms. The van der Waals surface area contributed by atoms with Crippen LogP contribution in [-0.4, -0.2) is 43.9 Å². The Labute approximate surface area is 125 Å². The van der Waals surface area contributed by atoms with E-state index in [-0.39, 0.29) is 6.04 Å². The quantitative estimate of drug-likeness (QED) is 0.932. The summed E-state index contributed by atoms with van der Waals surface area (Å²) in [7, 11) is -1.63. The molecule has 1 aromatic heterocycles. The lowest BCUT2D eigenvalue weighted by atomic mass is 10.2. The molecule has 2 aromatic rings. The Hall–Kier alpha value is -1.50. The molecule has 3 rings (SSSR count). The minimum Gasteiger partial charge on any atom is -0.318 e. The van der Waals surface area contributed by atoms with E-state index in [1.807, 2.05) is 19.2 Å². The summed E-state index contributed by atoms with van der Waals surface area (Å²) in [5, 5.41) is 3.77. The van der Waals surface area contributed by atoms with Gasteiger partial charge in [0.1, 0.15) is 0 Å². The lowest BCUT2D eigenvalue weighted by Gasteiger charge is -2.24. The third kappa shape index (κ3) is 2.54. The second kappa shape index (κ2) is 5.71. The van der Waals surface area contributed by atoms with Crippen molar-refractivity contribution >= 4 is 20.9 Å². The molecule has 0 aliphatic carbocycles. The summed E-state index contributed by atoms with van der Waals surface area (Å²) < 4.78 is 27.6. The van der Waals surface area contributed by atoms with Gasteiger partial charge in [0.15, 0.2) is 0 Å². The van der Waals surface area contributed by atoms with Gasteiger partial charge in [-0.1, -0.05) is 6.07 Å². The summed E-state index contributed by atoms with van der Waals surface area (Å²) in [4.78, 5) is 4.60. The molecule has 21 heavy (non-hydrogen) atoms. The van der Waals surface area contributed by atoms with Crippen LogP contribution < -0.4 is 5.32 Å². The maximum absolute atomic E-state index is 13.0. The average molecular weight is 305 g/mol. The third-order valence-corrected chi connectivity index (χ3v) is 5.97. The van der Waals surface area contributed by atoms with Crippen LogP contribution in [0, 0.1) is 0 Å². The van der Waals surface area contributed by atoms with E-state index >= 15 is 0 Å². The summed E-state index contributed by atoms with van der Waals surface area (Å²) in [5.74, 6) is 0. The zero-order chi connectivity index (χ0) is 14.9. The van der Waals surface area contributed by atoms with Crippen LogP contribution in [0.4, 0.5) is 0 Å². The normalized spacial score (nSPS) is 20.1. The Bertz CT molecular complexity index is 740. The molecule has 0 amide bonds. The Morgan fingerprint density at radius 2 is 2.19 bits per heavy atom. The van der Waals surface area contributed by atoms with Gasteiger partial charge >= 0.3 is 0 Å². The zero-order valence-electron chi connectivity index (χ0n) is 12.0. The minimum absolute atomic E-state index is 0.0342. The van der Waals surface area contributed by atoms with E-state index < -0.39 is 10.0 Å². The molecule has 2 heterocycles. The second-order valence-electron chi connectivity index (χ2n) is 5.30. The summed E-state index contributed by atoms with van der Waals surface area (Å²) in [6, 6.07) is 8.89. The van der Waals surface area contributed by atoms with Crippen molar-refractivity contribution in [2.24, 2.45) is 0 Å². The molecule has 0 unspecified atom stereocenters. The number of pyridine rings is 1. The Morgan fingerprint density at radius 1 is 1.33 bits per heavy atom. The lowest BCUT2D eigenvalue weighted by molar-refractivity contribution is 0.379. The largest absolute Gasteiger partial charge is 0.318 e. The maximum atomic E-state index is 13.0. The molecule has 1 atom stereocenters. The van der Waals surface area contributed by atoms with Crippen molar-refractivity contribution in [3.8, 4) is 0 Å². The topological polar surface area (TPSA) is 62.3 Å². The highest BCUT2D eigenvalue weighted by atomic mass is 32.2. The third-order valence-electron chi connectivity index (χ3n) is 3.96. The minimum atomic E-state index is -3.48. The van der Waals surface area contributed by atoms with Crippen molar-refractivity contribution in [2.75, 3.05) is 20.1 Å². The summed E-state index contributed by atoms with van der Waals surface area (Å²) in [6.07, 6.45) is 3.50. The van der Waals surface area contributed by atoms with Crippen LogP contribution in [0.3, 0.4) is 0 Å². The SMILES string of the molecule is CNC[C@H]1CCCN1S(=O)(=O)c1cccc2ncccc12. The first-order chi connectivity index (χ1) is 10.1. The van der Waals surface area contributed by atoms with Crippen LogP contribution in [0.15, 0.2) is 41.4 Å². The van der Waals surface area contributed by atoms with Crippen molar-refractivity contribution in [1.82, 2.24) is 14.6 Å². The smallest absolute Gasteiger partial charge is 0.244 e. The molecule has 0 bridgehead atoms. The van der Waals surface area contributed by atoms with E-state index in [0.29, 0.717) is 28.9 Å². The first-order valence-corrected chi connectivity index (χ1v) is 8.59. The van der Waals surface area contributed by atoms with E-state index in [2.05, 4.69) is 10.3 Å². The van der Waals surface area contributed by atoms with Gasteiger partial charge < -0.3 is 5.32 Å². The molecule has 1 saturated heterocycles. The van der Waals surface area contributed by atoms with Gasteiger partial charge in [0.05, 0.1) is 10.4 Å². The van der Waals surface area contributed by atoms with E-state index in [4.69, 9.17) is 0 Å². The number of nitrogens with zero attached hydrogens (tertiary/aromatic N) is 2. The van der Waals surface area contributed by atoms with Crippen molar-refractivity contribution in [3.63, 3.8) is 0 Å². The molecule has 1 aliphatic rings. The highest BCUT2D eigenvalue weighted by Gasteiger charge is 2.35. The fourth-order valence-corrected chi connectivity index (χ4v) is 4.89. The standard InChI is InChI=1S/C15H19N3O2S/c1-16-11-12-5-4-10-18(12)21(19,20)15-8-2-7-14-13(15)6-3-9-17-14/h2-3,6-9,12,16H,4-5,10-11H2,1H3/t12-/m1/s1. The van der Waals surface area contributed by atoms with Gasteiger partial charge in [-0.25, -0.2) is 8.42 Å². The van der Waals surface area contributed by atoms with Gasteiger partial charge in [-0.05, 0) is 44.2 Å². The van der Waals surface area contributed by atoms with Crippen molar-refractivity contribution < 1.29 is 8.42 Å². The van der Waals surface area contributed by atoms with Gasteiger partial charge in [0.2, 0.25) is 10.0 Å². The van der Waals surface area contributed by atoms with Crippen molar-refractivity contribution in [1.29, 1.82) is 0 Å². The number of rotatable bonds is 4. The number of fused-ring (bicyclic) bond motifs is 1. The predicted octanol–water partition coefficient (Wildman–Crippen LogP) is 1.61. The molecular formula is C15H19N3O2S. The molecule has 1 aliphatic heterocycles. The number of hydrogen-bond donors (Lipinski definition) is 1. The maximum Gasteiger partial charge on any atom is 0.244 e. The Morgan fingerprint density at radius 3 is 3.00 bits per heavy atom. The number of aromatic nitrogens is 1. The predicted molar refractivity (Wildman–Crippen MR) is 82.6 cm³/mol. The van der Waals surface area contributed by atoms with Crippen LogP contribution in [0.25, 0.3) is 10.9 Å². The number of nitrogens with one attached hydrogen (secondary N) is 1. The van der Waals surface area contributed by atoms with Crippen LogP contribution in [0.2, 0.25) is 0 Å². The molecule has 0 radical (unpaired) electrons.